The van der Waals surface area contributed by atoms with Crippen LogP contribution in [0.4, 0.5) is 0 Å². The number of carboxylic acid groups (broad SMARTS) is 1. The van der Waals surface area contributed by atoms with Crippen molar-refractivity contribution in [2.75, 3.05) is 0 Å². The van der Waals surface area contributed by atoms with Gasteiger partial charge in [-0.25, -0.2) is 0 Å². The quantitative estimate of drug-likeness (QED) is 0.387. The molecule has 0 saturated heterocycles. The molecule has 0 heterocycles. The molecule has 1 aliphatic carbocycles. The zero-order valence-corrected chi connectivity index (χ0v) is 6.53. The van der Waals surface area contributed by atoms with Crippen molar-refractivity contribution in [3.05, 3.63) is 12.3 Å². The van der Waals surface area contributed by atoms with Gasteiger partial charge in [-0.05, 0) is 24.8 Å². The Morgan fingerprint density at radius 2 is 2.17 bits per heavy atom. The van der Waals surface area contributed by atoms with Gasteiger partial charge in [0, 0.05) is 0 Å². The highest BCUT2D eigenvalue weighted by molar-refractivity contribution is 5.90. The summed E-state index contributed by atoms with van der Waals surface area (Å²) in [5.41, 5.74) is 0. The molecule has 12 heavy (non-hydrogen) atoms. The first-order chi connectivity index (χ1) is 5.68. The second-order valence-electron chi connectivity index (χ2n) is 2.73. The molecule has 66 valence electrons. The van der Waals surface area contributed by atoms with Crippen molar-refractivity contribution in [1.82, 2.24) is 0 Å². The summed E-state index contributed by atoms with van der Waals surface area (Å²) in [7, 11) is 0. The van der Waals surface area contributed by atoms with Gasteiger partial charge >= 0.3 is 11.9 Å². The summed E-state index contributed by atoms with van der Waals surface area (Å²) in [5, 5.41) is 8.18. The highest BCUT2D eigenvalue weighted by atomic mass is 16.5. The zero-order valence-electron chi connectivity index (χ0n) is 6.53. The smallest absolute Gasteiger partial charge is 0.321 e. The number of hydrogen-bond donors (Lipinski definition) is 1. The van der Waals surface area contributed by atoms with E-state index in [4.69, 9.17) is 5.11 Å². The molecule has 0 atom stereocenters. The lowest BCUT2D eigenvalue weighted by Crippen LogP contribution is -2.07. The first-order valence-electron chi connectivity index (χ1n) is 3.76. The fourth-order valence-corrected chi connectivity index (χ4v) is 0.680. The van der Waals surface area contributed by atoms with Crippen molar-refractivity contribution in [2.45, 2.75) is 19.3 Å². The number of rotatable bonds is 4. The van der Waals surface area contributed by atoms with Gasteiger partial charge in [0.05, 0.1) is 6.26 Å². The van der Waals surface area contributed by atoms with E-state index in [9.17, 15) is 9.59 Å². The van der Waals surface area contributed by atoms with Gasteiger partial charge in [0.1, 0.15) is 6.42 Å². The first kappa shape index (κ1) is 8.77. The molecule has 0 aromatic carbocycles. The van der Waals surface area contributed by atoms with Gasteiger partial charge in [0.2, 0.25) is 0 Å². The number of carboxylic acids is 1. The molecular formula is C8H10O4. The standard InChI is InChI=1S/C8H10O4/c9-7(10)5-8(11)12-4-3-6-1-2-6/h3-4,6H,1-2,5H2,(H,9,10). The van der Waals surface area contributed by atoms with Gasteiger partial charge in [0.15, 0.2) is 0 Å². The maximum atomic E-state index is 10.6. The predicted molar refractivity (Wildman–Crippen MR) is 40.2 cm³/mol. The van der Waals surface area contributed by atoms with Gasteiger partial charge in [-0.1, -0.05) is 0 Å². The number of esters is 1. The van der Waals surface area contributed by atoms with E-state index in [-0.39, 0.29) is 0 Å². The highest BCUT2D eigenvalue weighted by Gasteiger charge is 2.17. The van der Waals surface area contributed by atoms with Crippen LogP contribution in [0.25, 0.3) is 0 Å². The summed E-state index contributed by atoms with van der Waals surface area (Å²) >= 11 is 0. The molecule has 4 nitrogen and oxygen atoms in total. The van der Waals surface area contributed by atoms with Crippen LogP contribution in [0.3, 0.4) is 0 Å². The minimum atomic E-state index is -1.17. The molecule has 0 aliphatic heterocycles. The van der Waals surface area contributed by atoms with E-state index in [0.29, 0.717) is 5.92 Å². The molecule has 1 saturated carbocycles. The van der Waals surface area contributed by atoms with Crippen LogP contribution in [0, 0.1) is 5.92 Å². The van der Waals surface area contributed by atoms with Gasteiger partial charge in [-0.2, -0.15) is 0 Å². The molecule has 0 radical (unpaired) electrons. The van der Waals surface area contributed by atoms with E-state index in [1.807, 2.05) is 0 Å². The van der Waals surface area contributed by atoms with Crippen LogP contribution in [-0.2, 0) is 14.3 Å². The molecular weight excluding hydrogens is 160 g/mol. The first-order valence-corrected chi connectivity index (χ1v) is 3.76. The van der Waals surface area contributed by atoms with Crippen molar-refractivity contribution >= 4 is 11.9 Å². The Balaban J connectivity index is 2.12. The third kappa shape index (κ3) is 3.75. The number of aliphatic carboxylic acids is 1. The lowest BCUT2D eigenvalue weighted by Gasteiger charge is -1.93. The third-order valence-electron chi connectivity index (χ3n) is 1.47. The van der Waals surface area contributed by atoms with Crippen molar-refractivity contribution in [3.8, 4) is 0 Å². The Morgan fingerprint density at radius 3 is 2.67 bits per heavy atom. The Kier molecular flexibility index (Phi) is 2.85. The SMILES string of the molecule is O=C(O)CC(=O)OC=CC1CC1. The third-order valence-corrected chi connectivity index (χ3v) is 1.47. The van der Waals surface area contributed by atoms with Gasteiger partial charge < -0.3 is 9.84 Å². The van der Waals surface area contributed by atoms with Gasteiger partial charge in [-0.15, -0.1) is 0 Å². The molecule has 1 fully saturated rings. The van der Waals surface area contributed by atoms with E-state index >= 15 is 0 Å². The van der Waals surface area contributed by atoms with Gasteiger partial charge in [0.25, 0.3) is 0 Å². The number of ether oxygens (including phenoxy) is 1. The molecule has 0 aromatic rings. The molecule has 1 rings (SSSR count). The van der Waals surface area contributed by atoms with E-state index in [2.05, 4.69) is 4.74 Å². The number of hydrogen-bond acceptors (Lipinski definition) is 3. The molecule has 0 aromatic heterocycles. The van der Waals surface area contributed by atoms with Crippen LogP contribution in [-0.4, -0.2) is 17.0 Å². The van der Waals surface area contributed by atoms with Crippen molar-refractivity contribution in [1.29, 1.82) is 0 Å². The van der Waals surface area contributed by atoms with E-state index < -0.39 is 18.4 Å². The summed E-state index contributed by atoms with van der Waals surface area (Å²) in [4.78, 5) is 20.6. The molecule has 0 amide bonds. The molecule has 0 unspecified atom stereocenters. The monoisotopic (exact) mass is 170 g/mol. The number of carbonyl (C=O) groups is 2. The van der Waals surface area contributed by atoms with Crippen molar-refractivity contribution in [3.63, 3.8) is 0 Å². The van der Waals surface area contributed by atoms with Crippen LogP contribution in [0.15, 0.2) is 12.3 Å². The summed E-state index contributed by atoms with van der Waals surface area (Å²) < 4.78 is 4.50. The largest absolute Gasteiger partial charge is 0.481 e. The lowest BCUT2D eigenvalue weighted by atomic mass is 10.4. The second-order valence-corrected chi connectivity index (χ2v) is 2.73. The van der Waals surface area contributed by atoms with Crippen LogP contribution >= 0.6 is 0 Å². The molecule has 4 heteroatoms. The van der Waals surface area contributed by atoms with Gasteiger partial charge in [-0.3, -0.25) is 9.59 Å². The Labute approximate surface area is 69.8 Å². The Hall–Kier alpha value is -1.32. The number of allylic oxidation sites excluding steroid dienone is 1. The van der Waals surface area contributed by atoms with Crippen LogP contribution in [0.2, 0.25) is 0 Å². The Morgan fingerprint density at radius 1 is 1.50 bits per heavy atom. The fraction of sp³-hybridized carbons (Fsp3) is 0.500. The summed E-state index contributed by atoms with van der Waals surface area (Å²) in [6.45, 7) is 0. The van der Waals surface area contributed by atoms with Crippen LogP contribution in [0.1, 0.15) is 19.3 Å². The minimum Gasteiger partial charge on any atom is -0.481 e. The Bertz CT molecular complexity index is 215. The molecule has 1 aliphatic rings. The van der Waals surface area contributed by atoms with Crippen LogP contribution < -0.4 is 0 Å². The average Bonchev–Trinajstić information content (AvgIpc) is 2.69. The summed E-state index contributed by atoms with van der Waals surface area (Å²) in [6, 6.07) is 0. The maximum Gasteiger partial charge on any atom is 0.321 e. The average molecular weight is 170 g/mol. The van der Waals surface area contributed by atoms with Crippen molar-refractivity contribution in [2.24, 2.45) is 5.92 Å². The highest BCUT2D eigenvalue weighted by Crippen LogP contribution is 2.29. The molecule has 0 bridgehead atoms. The summed E-state index contributed by atoms with van der Waals surface area (Å²) in [5.74, 6) is -1.36. The topological polar surface area (TPSA) is 63.6 Å². The van der Waals surface area contributed by atoms with E-state index in [0.717, 1.165) is 12.8 Å². The van der Waals surface area contributed by atoms with Crippen molar-refractivity contribution < 1.29 is 19.4 Å². The maximum absolute atomic E-state index is 10.6. The van der Waals surface area contributed by atoms with Crippen LogP contribution in [0.5, 0.6) is 0 Å². The predicted octanol–water partition coefficient (Wildman–Crippen LogP) is 0.928. The molecule has 1 N–H and O–H groups in total. The summed E-state index contributed by atoms with van der Waals surface area (Å²) in [6.07, 6.45) is 4.75. The number of carbonyl (C=O) groups excluding carboxylic acids is 1. The normalized spacial score (nSPS) is 16.3. The van der Waals surface area contributed by atoms with E-state index in [1.54, 1.807) is 6.08 Å². The minimum absolute atomic E-state index is 0.530. The zero-order chi connectivity index (χ0) is 8.97. The lowest BCUT2D eigenvalue weighted by molar-refractivity contribution is -0.147. The fourth-order valence-electron chi connectivity index (χ4n) is 0.680. The second kappa shape index (κ2) is 3.90. The molecule has 0 spiro atoms. The van der Waals surface area contributed by atoms with E-state index in [1.165, 1.54) is 6.26 Å².